The van der Waals surface area contributed by atoms with Gasteiger partial charge in [0.25, 0.3) is 0 Å². The second-order valence-corrected chi connectivity index (χ2v) is 3.80. The van der Waals surface area contributed by atoms with Gasteiger partial charge in [0.1, 0.15) is 5.75 Å². The van der Waals surface area contributed by atoms with Crippen LogP contribution >= 0.6 is 0 Å². The maximum Gasteiger partial charge on any atom is 0.332 e. The highest BCUT2D eigenvalue weighted by molar-refractivity contribution is 5.85. The standard InChI is InChI=1S/C12H15N3O3/c1-7-4-10(18-9(3)16)5-8(2)11(7)6-14-15-12(13)17/h4-6H,1-3H3,(H3,13,15,17). The van der Waals surface area contributed by atoms with Gasteiger partial charge in [-0.3, -0.25) is 4.79 Å². The van der Waals surface area contributed by atoms with Crippen molar-refractivity contribution in [1.82, 2.24) is 5.43 Å². The van der Waals surface area contributed by atoms with Gasteiger partial charge in [-0.1, -0.05) is 0 Å². The van der Waals surface area contributed by atoms with Gasteiger partial charge in [0.15, 0.2) is 0 Å². The number of nitrogens with zero attached hydrogens (tertiary/aromatic N) is 1. The number of urea groups is 1. The fourth-order valence-corrected chi connectivity index (χ4v) is 1.52. The van der Waals surface area contributed by atoms with Crippen LogP contribution in [-0.4, -0.2) is 18.2 Å². The van der Waals surface area contributed by atoms with Crippen LogP contribution in [0.25, 0.3) is 0 Å². The van der Waals surface area contributed by atoms with Crippen molar-refractivity contribution >= 4 is 18.2 Å². The zero-order chi connectivity index (χ0) is 13.7. The SMILES string of the molecule is CC(=O)Oc1cc(C)c(C=NNC(N)=O)c(C)c1. The van der Waals surface area contributed by atoms with Gasteiger partial charge >= 0.3 is 12.0 Å². The monoisotopic (exact) mass is 249 g/mol. The van der Waals surface area contributed by atoms with E-state index in [4.69, 9.17) is 10.5 Å². The van der Waals surface area contributed by atoms with Crippen molar-refractivity contribution in [3.05, 3.63) is 28.8 Å². The summed E-state index contributed by atoms with van der Waals surface area (Å²) in [5.74, 6) is 0.114. The molecule has 1 aromatic carbocycles. The number of benzene rings is 1. The molecule has 18 heavy (non-hydrogen) atoms. The number of hydrogen-bond donors (Lipinski definition) is 2. The zero-order valence-corrected chi connectivity index (χ0v) is 10.5. The lowest BCUT2D eigenvalue weighted by Crippen LogP contribution is -2.24. The van der Waals surface area contributed by atoms with Gasteiger partial charge in [0.2, 0.25) is 0 Å². The van der Waals surface area contributed by atoms with Crippen LogP contribution in [0, 0.1) is 13.8 Å². The van der Waals surface area contributed by atoms with E-state index in [0.717, 1.165) is 16.7 Å². The number of carbonyl (C=O) groups excluding carboxylic acids is 2. The zero-order valence-electron chi connectivity index (χ0n) is 10.5. The molecule has 96 valence electrons. The minimum absolute atomic E-state index is 0.370. The molecular formula is C12H15N3O3. The molecule has 0 aliphatic carbocycles. The van der Waals surface area contributed by atoms with Crippen molar-refractivity contribution < 1.29 is 14.3 Å². The average Bonchev–Trinajstić information content (AvgIpc) is 2.20. The van der Waals surface area contributed by atoms with Crippen LogP contribution in [0.1, 0.15) is 23.6 Å². The van der Waals surface area contributed by atoms with Gasteiger partial charge in [-0.2, -0.15) is 5.10 Å². The maximum absolute atomic E-state index is 10.9. The van der Waals surface area contributed by atoms with E-state index in [1.54, 1.807) is 12.1 Å². The minimum Gasteiger partial charge on any atom is -0.427 e. The van der Waals surface area contributed by atoms with Crippen molar-refractivity contribution in [3.63, 3.8) is 0 Å². The van der Waals surface area contributed by atoms with Crippen molar-refractivity contribution in [1.29, 1.82) is 0 Å². The summed E-state index contributed by atoms with van der Waals surface area (Å²) in [5.41, 5.74) is 9.59. The topological polar surface area (TPSA) is 93.8 Å². The smallest absolute Gasteiger partial charge is 0.332 e. The highest BCUT2D eigenvalue weighted by Crippen LogP contribution is 2.20. The van der Waals surface area contributed by atoms with E-state index in [2.05, 4.69) is 10.5 Å². The van der Waals surface area contributed by atoms with Crippen LogP contribution in [0.4, 0.5) is 4.79 Å². The van der Waals surface area contributed by atoms with Gasteiger partial charge in [0.05, 0.1) is 6.21 Å². The molecule has 1 aromatic rings. The van der Waals surface area contributed by atoms with Crippen molar-refractivity contribution in [2.24, 2.45) is 10.8 Å². The molecule has 2 amide bonds. The third kappa shape index (κ3) is 3.89. The summed E-state index contributed by atoms with van der Waals surface area (Å²) in [4.78, 5) is 21.3. The van der Waals surface area contributed by atoms with Crippen LogP contribution in [0.3, 0.4) is 0 Å². The first-order chi connectivity index (χ1) is 8.40. The fourth-order valence-electron chi connectivity index (χ4n) is 1.52. The Balaban J connectivity index is 2.97. The third-order valence-corrected chi connectivity index (χ3v) is 2.20. The summed E-state index contributed by atoms with van der Waals surface area (Å²) in [5, 5.41) is 3.70. The van der Waals surface area contributed by atoms with Crippen LogP contribution in [0.15, 0.2) is 17.2 Å². The molecule has 0 unspecified atom stereocenters. The minimum atomic E-state index is -0.724. The van der Waals surface area contributed by atoms with Crippen molar-refractivity contribution in [2.75, 3.05) is 0 Å². The molecule has 0 spiro atoms. The predicted molar refractivity (Wildman–Crippen MR) is 67.5 cm³/mol. The van der Waals surface area contributed by atoms with E-state index in [1.807, 2.05) is 13.8 Å². The summed E-state index contributed by atoms with van der Waals surface area (Å²) >= 11 is 0. The number of carbonyl (C=O) groups is 2. The number of ether oxygens (including phenoxy) is 1. The van der Waals surface area contributed by atoms with E-state index in [1.165, 1.54) is 13.1 Å². The van der Waals surface area contributed by atoms with E-state index in [-0.39, 0.29) is 5.97 Å². The molecule has 6 heteroatoms. The number of rotatable bonds is 3. The number of amides is 2. The maximum atomic E-state index is 10.9. The van der Waals surface area contributed by atoms with E-state index in [9.17, 15) is 9.59 Å². The molecule has 0 saturated heterocycles. The predicted octanol–water partition coefficient (Wildman–Crippen LogP) is 1.23. The Morgan fingerprint density at radius 1 is 1.33 bits per heavy atom. The Morgan fingerprint density at radius 2 is 1.89 bits per heavy atom. The average molecular weight is 249 g/mol. The van der Waals surface area contributed by atoms with E-state index < -0.39 is 6.03 Å². The Morgan fingerprint density at radius 3 is 2.33 bits per heavy atom. The first-order valence-electron chi connectivity index (χ1n) is 5.28. The Hall–Kier alpha value is -2.37. The number of esters is 1. The molecule has 0 fully saturated rings. The summed E-state index contributed by atoms with van der Waals surface area (Å²) in [6, 6.07) is 2.72. The molecule has 1 rings (SSSR count). The molecule has 6 nitrogen and oxygen atoms in total. The second kappa shape index (κ2) is 5.81. The normalized spacial score (nSPS) is 10.4. The lowest BCUT2D eigenvalue weighted by Gasteiger charge is -2.08. The molecule has 0 aliphatic heterocycles. The number of primary amides is 1. The van der Waals surface area contributed by atoms with E-state index in [0.29, 0.717) is 5.75 Å². The van der Waals surface area contributed by atoms with Gasteiger partial charge in [-0.25, -0.2) is 10.2 Å². The van der Waals surface area contributed by atoms with E-state index >= 15 is 0 Å². The van der Waals surface area contributed by atoms with Gasteiger partial charge in [-0.05, 0) is 37.1 Å². The highest BCUT2D eigenvalue weighted by Gasteiger charge is 2.05. The first kappa shape index (κ1) is 13.7. The molecule has 0 atom stereocenters. The van der Waals surface area contributed by atoms with Gasteiger partial charge in [-0.15, -0.1) is 0 Å². The summed E-state index contributed by atoms with van der Waals surface area (Å²) in [6.07, 6.45) is 1.49. The van der Waals surface area contributed by atoms with Crippen molar-refractivity contribution in [2.45, 2.75) is 20.8 Å². The number of nitrogens with one attached hydrogen (secondary N) is 1. The summed E-state index contributed by atoms with van der Waals surface area (Å²) < 4.78 is 5.00. The quantitative estimate of drug-likeness (QED) is 0.365. The summed E-state index contributed by atoms with van der Waals surface area (Å²) in [6.45, 7) is 5.05. The molecule has 0 saturated carbocycles. The molecule has 0 radical (unpaired) electrons. The largest absolute Gasteiger partial charge is 0.427 e. The molecule has 0 aliphatic rings. The molecule has 0 heterocycles. The van der Waals surface area contributed by atoms with Crippen LogP contribution in [-0.2, 0) is 4.79 Å². The Bertz CT molecular complexity index is 486. The lowest BCUT2D eigenvalue weighted by atomic mass is 10.0. The second-order valence-electron chi connectivity index (χ2n) is 3.80. The van der Waals surface area contributed by atoms with Crippen LogP contribution < -0.4 is 15.9 Å². The Kier molecular flexibility index (Phi) is 4.42. The number of hydrogen-bond acceptors (Lipinski definition) is 4. The van der Waals surface area contributed by atoms with Gasteiger partial charge in [0, 0.05) is 12.5 Å². The number of hydrazone groups is 1. The fraction of sp³-hybridized carbons (Fsp3) is 0.250. The Labute approximate surface area is 105 Å². The van der Waals surface area contributed by atoms with Gasteiger partial charge < -0.3 is 10.5 Å². The lowest BCUT2D eigenvalue weighted by molar-refractivity contribution is -0.131. The molecule has 0 aromatic heterocycles. The number of aryl methyl sites for hydroxylation is 2. The third-order valence-electron chi connectivity index (χ3n) is 2.20. The molecular weight excluding hydrogens is 234 g/mol. The first-order valence-corrected chi connectivity index (χ1v) is 5.28. The van der Waals surface area contributed by atoms with Crippen molar-refractivity contribution in [3.8, 4) is 5.75 Å². The molecule has 3 N–H and O–H groups in total. The number of nitrogens with two attached hydrogens (primary N) is 1. The molecule has 0 bridgehead atoms. The highest BCUT2D eigenvalue weighted by atomic mass is 16.5. The van der Waals surface area contributed by atoms with Crippen LogP contribution in [0.5, 0.6) is 5.75 Å². The summed E-state index contributed by atoms with van der Waals surface area (Å²) in [7, 11) is 0. The van der Waals surface area contributed by atoms with Crippen LogP contribution in [0.2, 0.25) is 0 Å².